The van der Waals surface area contributed by atoms with Gasteiger partial charge in [0.05, 0.1) is 10.7 Å². The SMILES string of the molecule is O=C(/C=C1\C=CN2C=C(Cl)C=CC2=N1)C(F)(F)F. The second kappa shape index (κ2) is 4.45. The predicted octanol–water partition coefficient (Wildman–Crippen LogP) is 2.88. The molecule has 0 atom stereocenters. The molecule has 0 bridgehead atoms. The average Bonchev–Trinajstić information content (AvgIpc) is 2.28. The molecule has 0 saturated heterocycles. The van der Waals surface area contributed by atoms with Gasteiger partial charge in [-0.2, -0.15) is 13.2 Å². The van der Waals surface area contributed by atoms with Crippen LogP contribution >= 0.6 is 11.6 Å². The van der Waals surface area contributed by atoms with E-state index in [0.29, 0.717) is 16.9 Å². The molecule has 2 rings (SSSR count). The Kier molecular flexibility index (Phi) is 3.13. The number of rotatable bonds is 1. The van der Waals surface area contributed by atoms with Crippen molar-refractivity contribution in [1.82, 2.24) is 4.90 Å². The lowest BCUT2D eigenvalue weighted by Gasteiger charge is -2.22. The van der Waals surface area contributed by atoms with E-state index in [0.717, 1.165) is 0 Å². The molecule has 0 fully saturated rings. The first-order valence-corrected chi connectivity index (χ1v) is 5.17. The molecule has 0 radical (unpaired) electrons. The van der Waals surface area contributed by atoms with Crippen LogP contribution in [0.2, 0.25) is 0 Å². The van der Waals surface area contributed by atoms with Gasteiger partial charge < -0.3 is 4.90 Å². The quantitative estimate of drug-likeness (QED) is 0.689. The van der Waals surface area contributed by atoms with E-state index in [1.807, 2.05) is 0 Å². The number of hydrogen-bond acceptors (Lipinski definition) is 3. The van der Waals surface area contributed by atoms with Gasteiger partial charge in [-0.1, -0.05) is 11.6 Å². The summed E-state index contributed by atoms with van der Waals surface area (Å²) in [4.78, 5) is 16.2. The predicted molar refractivity (Wildman–Crippen MR) is 60.6 cm³/mol. The Morgan fingerprint density at radius 3 is 2.72 bits per heavy atom. The van der Waals surface area contributed by atoms with Crippen LogP contribution in [0.4, 0.5) is 13.2 Å². The summed E-state index contributed by atoms with van der Waals surface area (Å²) in [7, 11) is 0. The van der Waals surface area contributed by atoms with Crippen LogP contribution in [0.5, 0.6) is 0 Å². The number of fused-ring (bicyclic) bond motifs is 1. The first-order valence-electron chi connectivity index (χ1n) is 4.80. The Morgan fingerprint density at radius 1 is 1.33 bits per heavy atom. The van der Waals surface area contributed by atoms with Crippen molar-refractivity contribution in [2.45, 2.75) is 6.18 Å². The van der Waals surface area contributed by atoms with Crippen molar-refractivity contribution in [2.75, 3.05) is 0 Å². The number of halogens is 4. The van der Waals surface area contributed by atoms with E-state index in [2.05, 4.69) is 4.99 Å². The summed E-state index contributed by atoms with van der Waals surface area (Å²) >= 11 is 5.74. The van der Waals surface area contributed by atoms with E-state index in [1.165, 1.54) is 23.3 Å². The van der Waals surface area contributed by atoms with E-state index >= 15 is 0 Å². The van der Waals surface area contributed by atoms with Gasteiger partial charge in [0.1, 0.15) is 5.84 Å². The minimum absolute atomic E-state index is 0.0559. The molecule has 0 unspecified atom stereocenters. The van der Waals surface area contributed by atoms with Crippen molar-refractivity contribution in [3.63, 3.8) is 0 Å². The molecule has 2 aliphatic rings. The number of nitrogens with zero attached hydrogens (tertiary/aromatic N) is 2. The Labute approximate surface area is 105 Å². The molecule has 2 aliphatic heterocycles. The highest BCUT2D eigenvalue weighted by molar-refractivity contribution is 6.32. The molecule has 0 amide bonds. The van der Waals surface area contributed by atoms with Crippen molar-refractivity contribution < 1.29 is 18.0 Å². The van der Waals surface area contributed by atoms with E-state index < -0.39 is 12.0 Å². The van der Waals surface area contributed by atoms with Crippen LogP contribution in [0.1, 0.15) is 0 Å². The summed E-state index contributed by atoms with van der Waals surface area (Å²) in [5.74, 6) is -1.54. The second-order valence-corrected chi connectivity index (χ2v) is 3.91. The fourth-order valence-corrected chi connectivity index (χ4v) is 1.49. The summed E-state index contributed by atoms with van der Waals surface area (Å²) in [6.07, 6.45) is 2.99. The van der Waals surface area contributed by atoms with Gasteiger partial charge in [0.2, 0.25) is 0 Å². The topological polar surface area (TPSA) is 32.7 Å². The van der Waals surface area contributed by atoms with Gasteiger partial charge in [-0.25, -0.2) is 4.99 Å². The summed E-state index contributed by atoms with van der Waals surface area (Å²) in [5, 5.41) is 0.470. The molecule has 0 spiro atoms. The van der Waals surface area contributed by atoms with Crippen LogP contribution in [-0.2, 0) is 4.79 Å². The maximum atomic E-state index is 12.1. The van der Waals surface area contributed by atoms with Crippen molar-refractivity contribution in [3.05, 3.63) is 47.4 Å². The molecule has 94 valence electrons. The molecule has 0 aromatic carbocycles. The summed E-state index contributed by atoms with van der Waals surface area (Å²) in [6, 6.07) is 0. The van der Waals surface area contributed by atoms with Crippen LogP contribution < -0.4 is 0 Å². The number of ketones is 1. The molecule has 18 heavy (non-hydrogen) atoms. The highest BCUT2D eigenvalue weighted by Gasteiger charge is 2.36. The molecule has 0 aromatic heterocycles. The monoisotopic (exact) mass is 274 g/mol. The molecule has 0 aromatic rings. The number of alkyl halides is 3. The van der Waals surface area contributed by atoms with Crippen molar-refractivity contribution in [2.24, 2.45) is 4.99 Å². The standard InChI is InChI=1S/C11H6ClF3N2O/c12-7-1-2-10-16-8(3-4-17(10)6-7)5-9(18)11(13,14)15/h1-6H/b8-5+. The maximum Gasteiger partial charge on any atom is 0.454 e. The molecule has 0 aliphatic carbocycles. The minimum Gasteiger partial charge on any atom is -0.307 e. The molecular weight excluding hydrogens is 269 g/mol. The van der Waals surface area contributed by atoms with E-state index in [4.69, 9.17) is 11.6 Å². The second-order valence-electron chi connectivity index (χ2n) is 3.47. The number of hydrogen-bond donors (Lipinski definition) is 0. The Morgan fingerprint density at radius 2 is 2.06 bits per heavy atom. The first-order chi connectivity index (χ1) is 8.36. The number of allylic oxidation sites excluding steroid dienone is 4. The third-order valence-corrected chi connectivity index (χ3v) is 2.35. The van der Waals surface area contributed by atoms with E-state index in [-0.39, 0.29) is 5.70 Å². The molecule has 3 nitrogen and oxygen atoms in total. The van der Waals surface area contributed by atoms with E-state index in [9.17, 15) is 18.0 Å². The van der Waals surface area contributed by atoms with Crippen LogP contribution in [0.25, 0.3) is 0 Å². The average molecular weight is 275 g/mol. The van der Waals surface area contributed by atoms with Gasteiger partial charge in [-0.05, 0) is 18.2 Å². The summed E-state index contributed by atoms with van der Waals surface area (Å²) < 4.78 is 36.2. The van der Waals surface area contributed by atoms with Crippen molar-refractivity contribution >= 4 is 23.2 Å². The zero-order chi connectivity index (χ0) is 13.3. The Bertz CT molecular complexity index is 541. The largest absolute Gasteiger partial charge is 0.454 e. The Hall–Kier alpha value is -1.82. The number of aliphatic imine (C=N–C) groups is 1. The summed E-state index contributed by atoms with van der Waals surface area (Å²) in [6.45, 7) is 0. The highest BCUT2D eigenvalue weighted by atomic mass is 35.5. The lowest BCUT2D eigenvalue weighted by molar-refractivity contribution is -0.165. The lowest BCUT2D eigenvalue weighted by Crippen LogP contribution is -2.24. The van der Waals surface area contributed by atoms with Gasteiger partial charge in [-0.15, -0.1) is 0 Å². The normalized spacial score (nSPS) is 20.7. The highest BCUT2D eigenvalue weighted by Crippen LogP contribution is 2.21. The molecule has 2 heterocycles. The van der Waals surface area contributed by atoms with Gasteiger partial charge in [0.25, 0.3) is 5.78 Å². The molecule has 7 heteroatoms. The molecule has 0 N–H and O–H groups in total. The fraction of sp³-hybridized carbons (Fsp3) is 0.0909. The van der Waals surface area contributed by atoms with Crippen molar-refractivity contribution in [3.8, 4) is 0 Å². The third-order valence-electron chi connectivity index (χ3n) is 2.13. The van der Waals surface area contributed by atoms with Crippen LogP contribution in [0, 0.1) is 0 Å². The van der Waals surface area contributed by atoms with Crippen LogP contribution in [-0.4, -0.2) is 22.7 Å². The third kappa shape index (κ3) is 2.70. The number of carbonyl (C=O) groups excluding carboxylic acids is 1. The lowest BCUT2D eigenvalue weighted by atomic mass is 10.2. The molecular formula is C11H6ClF3N2O. The zero-order valence-corrected chi connectivity index (χ0v) is 9.53. The first kappa shape index (κ1) is 12.6. The molecule has 0 saturated carbocycles. The van der Waals surface area contributed by atoms with Gasteiger partial charge in [0, 0.05) is 18.5 Å². The van der Waals surface area contributed by atoms with Crippen LogP contribution in [0.3, 0.4) is 0 Å². The maximum absolute atomic E-state index is 12.1. The van der Waals surface area contributed by atoms with Crippen LogP contribution in [0.15, 0.2) is 52.4 Å². The Balaban J connectivity index is 2.24. The van der Waals surface area contributed by atoms with Gasteiger partial charge in [0.15, 0.2) is 0 Å². The minimum atomic E-state index is -4.89. The summed E-state index contributed by atoms with van der Waals surface area (Å²) in [5.41, 5.74) is -0.0559. The fourth-order valence-electron chi connectivity index (χ4n) is 1.32. The van der Waals surface area contributed by atoms with E-state index in [1.54, 1.807) is 12.3 Å². The van der Waals surface area contributed by atoms with Crippen molar-refractivity contribution in [1.29, 1.82) is 0 Å². The number of amidine groups is 1. The van der Waals surface area contributed by atoms with Gasteiger partial charge in [-0.3, -0.25) is 4.79 Å². The smallest absolute Gasteiger partial charge is 0.307 e. The zero-order valence-electron chi connectivity index (χ0n) is 8.78. The van der Waals surface area contributed by atoms with Gasteiger partial charge >= 0.3 is 6.18 Å². The number of carbonyl (C=O) groups is 1.